The Morgan fingerprint density at radius 1 is 1.00 bits per heavy atom. The lowest BCUT2D eigenvalue weighted by molar-refractivity contribution is 0.123. The fourth-order valence-electron chi connectivity index (χ4n) is 0.974. The molecule has 0 spiro atoms. The molecule has 1 aromatic rings. The lowest BCUT2D eigenvalue weighted by Gasteiger charge is -2.09. The smallest absolute Gasteiger partial charge is 0.205 e. The van der Waals surface area contributed by atoms with E-state index in [0.29, 0.717) is 0 Å². The van der Waals surface area contributed by atoms with E-state index >= 15 is 0 Å². The average Bonchev–Trinajstić information content (AvgIpc) is 2.02. The van der Waals surface area contributed by atoms with E-state index in [4.69, 9.17) is 0 Å². The van der Waals surface area contributed by atoms with E-state index in [-0.39, 0.29) is 4.47 Å². The van der Waals surface area contributed by atoms with Crippen LogP contribution in [0.5, 0.6) is 0 Å². The summed E-state index contributed by atoms with van der Waals surface area (Å²) >= 11 is 2.80. The van der Waals surface area contributed by atoms with Crippen LogP contribution in [0.15, 0.2) is 22.7 Å². The Morgan fingerprint density at radius 3 is 2.00 bits per heavy atom. The number of alkyl halides is 4. The summed E-state index contributed by atoms with van der Waals surface area (Å²) in [6.07, 6.45) is -5.76. The molecular weight excluding hydrogens is 252 g/mol. The summed E-state index contributed by atoms with van der Waals surface area (Å²) in [6.45, 7) is 0. The third-order valence-corrected chi connectivity index (χ3v) is 2.23. The third kappa shape index (κ3) is 2.21. The molecule has 0 saturated heterocycles. The number of halogens is 5. The average molecular weight is 257 g/mol. The monoisotopic (exact) mass is 256 g/mol. The van der Waals surface area contributed by atoms with Gasteiger partial charge in [0.1, 0.15) is 0 Å². The van der Waals surface area contributed by atoms with Crippen LogP contribution in [0.25, 0.3) is 0 Å². The molecule has 0 aliphatic rings. The lowest BCUT2D eigenvalue weighted by atomic mass is 10.1. The van der Waals surface area contributed by atoms with E-state index in [2.05, 4.69) is 15.9 Å². The van der Waals surface area contributed by atoms with E-state index in [9.17, 15) is 17.6 Å². The van der Waals surface area contributed by atoms with E-state index in [1.165, 1.54) is 12.1 Å². The van der Waals surface area contributed by atoms with Crippen LogP contribution in [-0.4, -0.2) is 0 Å². The molecule has 1 rings (SSSR count). The summed E-state index contributed by atoms with van der Waals surface area (Å²) < 4.78 is 49.0. The van der Waals surface area contributed by atoms with Gasteiger partial charge in [-0.25, -0.2) is 17.6 Å². The van der Waals surface area contributed by atoms with Gasteiger partial charge in [0.15, 0.2) is 0 Å². The van der Waals surface area contributed by atoms with Crippen molar-refractivity contribution in [3.05, 3.63) is 33.8 Å². The third-order valence-electron chi connectivity index (χ3n) is 1.54. The Bertz CT molecular complexity index is 298. The first-order chi connectivity index (χ1) is 6.04. The fourth-order valence-corrected chi connectivity index (χ4v) is 1.53. The summed E-state index contributed by atoms with van der Waals surface area (Å²) in [6, 6.07) is 3.61. The molecule has 72 valence electrons. The summed E-state index contributed by atoms with van der Waals surface area (Å²) in [5, 5.41) is 0. The van der Waals surface area contributed by atoms with Gasteiger partial charge in [-0.3, -0.25) is 0 Å². The fraction of sp³-hybridized carbons (Fsp3) is 0.250. The van der Waals surface area contributed by atoms with Crippen molar-refractivity contribution in [3.63, 3.8) is 0 Å². The Morgan fingerprint density at radius 2 is 1.62 bits per heavy atom. The highest BCUT2D eigenvalue weighted by atomic mass is 79.9. The first kappa shape index (κ1) is 10.5. The zero-order chi connectivity index (χ0) is 10.0. The first-order valence-corrected chi connectivity index (χ1v) is 4.18. The first-order valence-electron chi connectivity index (χ1n) is 3.38. The quantitative estimate of drug-likeness (QED) is 0.692. The van der Waals surface area contributed by atoms with Crippen molar-refractivity contribution in [2.24, 2.45) is 0 Å². The van der Waals surface area contributed by atoms with Gasteiger partial charge in [0, 0.05) is 15.6 Å². The minimum atomic E-state index is -2.89. The summed E-state index contributed by atoms with van der Waals surface area (Å²) in [4.78, 5) is 0. The van der Waals surface area contributed by atoms with E-state index in [0.717, 1.165) is 6.07 Å². The molecule has 5 heteroatoms. The number of hydrogen-bond donors (Lipinski definition) is 0. The minimum absolute atomic E-state index is 0.0142. The van der Waals surface area contributed by atoms with Crippen LogP contribution >= 0.6 is 15.9 Å². The highest BCUT2D eigenvalue weighted by Gasteiger charge is 2.21. The van der Waals surface area contributed by atoms with Crippen LogP contribution in [0.3, 0.4) is 0 Å². The molecule has 0 aromatic heterocycles. The predicted molar refractivity (Wildman–Crippen MR) is 44.1 cm³/mol. The molecule has 0 radical (unpaired) electrons. The maximum Gasteiger partial charge on any atom is 0.265 e. The molecule has 13 heavy (non-hydrogen) atoms. The number of benzene rings is 1. The molecule has 0 heterocycles. The van der Waals surface area contributed by atoms with Gasteiger partial charge in [0.2, 0.25) is 0 Å². The summed E-state index contributed by atoms with van der Waals surface area (Å²) in [5.74, 6) is 0. The van der Waals surface area contributed by atoms with Gasteiger partial charge in [-0.1, -0.05) is 28.1 Å². The molecule has 0 aliphatic carbocycles. The molecule has 0 bridgehead atoms. The van der Waals surface area contributed by atoms with Gasteiger partial charge in [-0.2, -0.15) is 0 Å². The van der Waals surface area contributed by atoms with Crippen LogP contribution in [0, 0.1) is 0 Å². The molecule has 0 fully saturated rings. The molecule has 0 nitrogen and oxygen atoms in total. The van der Waals surface area contributed by atoms with Crippen molar-refractivity contribution in [2.75, 3.05) is 0 Å². The number of hydrogen-bond acceptors (Lipinski definition) is 0. The largest absolute Gasteiger partial charge is 0.265 e. The zero-order valence-electron chi connectivity index (χ0n) is 6.28. The van der Waals surface area contributed by atoms with Crippen molar-refractivity contribution in [3.8, 4) is 0 Å². The van der Waals surface area contributed by atoms with Gasteiger partial charge in [0.05, 0.1) is 0 Å². The molecule has 0 atom stereocenters. The SMILES string of the molecule is FC(F)c1cccc(Br)c1C(F)F. The summed E-state index contributed by atoms with van der Waals surface area (Å²) in [5.41, 5.74) is -1.25. The minimum Gasteiger partial charge on any atom is -0.205 e. The van der Waals surface area contributed by atoms with Crippen molar-refractivity contribution < 1.29 is 17.6 Å². The van der Waals surface area contributed by atoms with E-state index in [1.807, 2.05) is 0 Å². The van der Waals surface area contributed by atoms with Gasteiger partial charge >= 0.3 is 0 Å². The second-order valence-corrected chi connectivity index (χ2v) is 3.20. The van der Waals surface area contributed by atoms with Gasteiger partial charge in [-0.15, -0.1) is 0 Å². The highest BCUT2D eigenvalue weighted by Crippen LogP contribution is 2.35. The van der Waals surface area contributed by atoms with Crippen molar-refractivity contribution >= 4 is 15.9 Å². The van der Waals surface area contributed by atoms with Crippen molar-refractivity contribution in [1.82, 2.24) is 0 Å². The molecule has 0 amide bonds. The van der Waals surface area contributed by atoms with Gasteiger partial charge in [-0.05, 0) is 6.07 Å². The maximum atomic E-state index is 12.3. The van der Waals surface area contributed by atoms with Crippen molar-refractivity contribution in [1.29, 1.82) is 0 Å². The Labute approximate surface area is 80.7 Å². The second-order valence-electron chi connectivity index (χ2n) is 2.34. The summed E-state index contributed by atoms with van der Waals surface area (Å²) in [7, 11) is 0. The van der Waals surface area contributed by atoms with Crippen LogP contribution in [-0.2, 0) is 0 Å². The van der Waals surface area contributed by atoms with Gasteiger partial charge < -0.3 is 0 Å². The second kappa shape index (κ2) is 4.09. The molecular formula is C8H5BrF4. The zero-order valence-corrected chi connectivity index (χ0v) is 7.86. The molecule has 0 saturated carbocycles. The molecule has 0 N–H and O–H groups in total. The van der Waals surface area contributed by atoms with E-state index < -0.39 is 24.0 Å². The van der Waals surface area contributed by atoms with Crippen LogP contribution in [0.4, 0.5) is 17.6 Å². The predicted octanol–water partition coefficient (Wildman–Crippen LogP) is 4.32. The molecule has 1 aromatic carbocycles. The topological polar surface area (TPSA) is 0 Å². The highest BCUT2D eigenvalue weighted by molar-refractivity contribution is 9.10. The van der Waals surface area contributed by atoms with Crippen LogP contribution < -0.4 is 0 Å². The Balaban J connectivity index is 3.26. The van der Waals surface area contributed by atoms with Gasteiger partial charge in [0.25, 0.3) is 12.9 Å². The lowest BCUT2D eigenvalue weighted by Crippen LogP contribution is -1.96. The normalized spacial score (nSPS) is 11.3. The van der Waals surface area contributed by atoms with Crippen LogP contribution in [0.2, 0.25) is 0 Å². The van der Waals surface area contributed by atoms with Crippen molar-refractivity contribution in [2.45, 2.75) is 12.9 Å². The Kier molecular flexibility index (Phi) is 3.30. The molecule has 0 aliphatic heterocycles. The molecule has 0 unspecified atom stereocenters. The van der Waals surface area contributed by atoms with Crippen LogP contribution in [0.1, 0.15) is 24.0 Å². The maximum absolute atomic E-state index is 12.3. The number of rotatable bonds is 2. The Hall–Kier alpha value is -0.580. The van der Waals surface area contributed by atoms with E-state index in [1.54, 1.807) is 0 Å². The standard InChI is InChI=1S/C8H5BrF4/c9-5-3-1-2-4(7(10)11)6(5)8(12)13/h1-3,7-8H.